The van der Waals surface area contributed by atoms with E-state index < -0.39 is 11.9 Å². The molecule has 1 fully saturated rings. The quantitative estimate of drug-likeness (QED) is 0.877. The van der Waals surface area contributed by atoms with Crippen molar-refractivity contribution < 1.29 is 14.7 Å². The predicted molar refractivity (Wildman–Crippen MR) is 101 cm³/mol. The Kier molecular flexibility index (Phi) is 4.50. The maximum atomic E-state index is 13.3. The van der Waals surface area contributed by atoms with E-state index in [1.54, 1.807) is 11.1 Å². The molecule has 4 rings (SSSR count). The molecule has 1 aliphatic heterocycles. The molecule has 1 aromatic heterocycles. The van der Waals surface area contributed by atoms with Crippen LogP contribution in [0, 0.1) is 0 Å². The Hall–Kier alpha value is -2.63. The highest BCUT2D eigenvalue weighted by atomic mass is 16.4. The van der Waals surface area contributed by atoms with Crippen LogP contribution in [0.1, 0.15) is 78.2 Å². The molecule has 0 spiro atoms. The average Bonchev–Trinajstić information content (AvgIpc) is 3.43. The molecular weight excluding hydrogens is 342 g/mol. The number of carbonyl (C=O) groups excluding carboxylic acids is 1. The van der Waals surface area contributed by atoms with E-state index in [2.05, 4.69) is 18.9 Å². The van der Waals surface area contributed by atoms with Gasteiger partial charge < -0.3 is 10.0 Å². The molecule has 6 nitrogen and oxygen atoms in total. The molecule has 2 unspecified atom stereocenters. The van der Waals surface area contributed by atoms with E-state index in [1.807, 2.05) is 28.9 Å². The van der Waals surface area contributed by atoms with Gasteiger partial charge in [-0.25, -0.2) is 0 Å². The monoisotopic (exact) mass is 367 g/mol. The number of amides is 1. The van der Waals surface area contributed by atoms with Crippen molar-refractivity contribution in [1.29, 1.82) is 0 Å². The zero-order valence-electron chi connectivity index (χ0n) is 15.8. The summed E-state index contributed by atoms with van der Waals surface area (Å²) in [5.41, 5.74) is 3.39. The third-order valence-corrected chi connectivity index (χ3v) is 5.82. The van der Waals surface area contributed by atoms with Gasteiger partial charge in [-0.05, 0) is 37.3 Å². The highest BCUT2D eigenvalue weighted by molar-refractivity contribution is 5.96. The molecule has 1 amide bonds. The van der Waals surface area contributed by atoms with Crippen molar-refractivity contribution in [3.63, 3.8) is 0 Å². The predicted octanol–water partition coefficient (Wildman–Crippen LogP) is 3.56. The van der Waals surface area contributed by atoms with Crippen molar-refractivity contribution in [1.82, 2.24) is 14.7 Å². The van der Waals surface area contributed by atoms with E-state index in [1.165, 1.54) is 0 Å². The van der Waals surface area contributed by atoms with E-state index in [0.29, 0.717) is 18.0 Å². The number of nitrogens with zero attached hydrogens (tertiary/aromatic N) is 3. The number of rotatable bonds is 5. The topological polar surface area (TPSA) is 75.4 Å². The summed E-state index contributed by atoms with van der Waals surface area (Å²) in [5, 5.41) is 14.2. The van der Waals surface area contributed by atoms with Crippen LogP contribution >= 0.6 is 0 Å². The van der Waals surface area contributed by atoms with E-state index >= 15 is 0 Å². The zero-order valence-corrected chi connectivity index (χ0v) is 15.8. The first-order chi connectivity index (χ1) is 13.0. The van der Waals surface area contributed by atoms with Crippen molar-refractivity contribution in [3.8, 4) is 0 Å². The van der Waals surface area contributed by atoms with Crippen LogP contribution in [0.3, 0.4) is 0 Å². The largest absolute Gasteiger partial charge is 0.481 e. The van der Waals surface area contributed by atoms with Crippen LogP contribution < -0.4 is 0 Å². The number of carbonyl (C=O) groups is 2. The van der Waals surface area contributed by atoms with Crippen LogP contribution in [0.4, 0.5) is 0 Å². The number of carboxylic acids is 1. The molecule has 142 valence electrons. The first-order valence-electron chi connectivity index (χ1n) is 9.68. The summed E-state index contributed by atoms with van der Waals surface area (Å²) in [4.78, 5) is 26.8. The van der Waals surface area contributed by atoms with Crippen molar-refractivity contribution >= 4 is 11.9 Å². The Morgan fingerprint density at radius 3 is 2.70 bits per heavy atom. The van der Waals surface area contributed by atoms with Gasteiger partial charge in [0, 0.05) is 25.0 Å². The SMILES string of the molecule is CCC(C)n1ncc(C(=O)N2Cc3ccccc3C(C(=O)O)C2)c1C1CC1. The van der Waals surface area contributed by atoms with Crippen molar-refractivity contribution in [3.05, 3.63) is 52.8 Å². The van der Waals surface area contributed by atoms with Gasteiger partial charge >= 0.3 is 5.97 Å². The summed E-state index contributed by atoms with van der Waals surface area (Å²) >= 11 is 0. The van der Waals surface area contributed by atoms with E-state index in [9.17, 15) is 14.7 Å². The molecular formula is C21H25N3O3. The van der Waals surface area contributed by atoms with Crippen molar-refractivity contribution in [2.24, 2.45) is 0 Å². The van der Waals surface area contributed by atoms with Gasteiger partial charge in [-0.3, -0.25) is 14.3 Å². The summed E-state index contributed by atoms with van der Waals surface area (Å²) in [6, 6.07) is 7.76. The minimum atomic E-state index is -0.891. The summed E-state index contributed by atoms with van der Waals surface area (Å²) in [5.74, 6) is -1.29. The van der Waals surface area contributed by atoms with Gasteiger partial charge in [0.25, 0.3) is 5.91 Å². The van der Waals surface area contributed by atoms with Crippen LogP contribution in [0.2, 0.25) is 0 Å². The van der Waals surface area contributed by atoms with E-state index in [0.717, 1.165) is 36.1 Å². The normalized spacial score (nSPS) is 20.2. The second-order valence-electron chi connectivity index (χ2n) is 7.69. The highest BCUT2D eigenvalue weighted by Crippen LogP contribution is 2.43. The fraction of sp³-hybridized carbons (Fsp3) is 0.476. The molecule has 2 aromatic rings. The van der Waals surface area contributed by atoms with Crippen molar-refractivity contribution in [2.45, 2.75) is 57.5 Å². The lowest BCUT2D eigenvalue weighted by atomic mass is 9.89. The fourth-order valence-electron chi connectivity index (χ4n) is 3.97. The molecule has 2 atom stereocenters. The highest BCUT2D eigenvalue weighted by Gasteiger charge is 2.37. The molecule has 1 aromatic carbocycles. The first kappa shape index (κ1) is 17.8. The number of benzene rings is 1. The maximum Gasteiger partial charge on any atom is 0.312 e. The third kappa shape index (κ3) is 3.13. The standard InChI is InChI=1S/C21H25N3O3/c1-3-13(2)24-19(14-8-9-14)17(10-22-24)20(25)23-11-15-6-4-5-7-16(15)18(12-23)21(26)27/h4-7,10,13-14,18H,3,8-9,11-12H2,1-2H3,(H,26,27). The van der Waals surface area contributed by atoms with Gasteiger partial charge in [-0.2, -0.15) is 5.10 Å². The molecule has 1 saturated carbocycles. The summed E-state index contributed by atoms with van der Waals surface area (Å²) in [7, 11) is 0. The van der Waals surface area contributed by atoms with E-state index in [-0.39, 0.29) is 18.5 Å². The molecule has 2 aliphatic rings. The van der Waals surface area contributed by atoms with Gasteiger partial charge in [-0.1, -0.05) is 31.2 Å². The van der Waals surface area contributed by atoms with Gasteiger partial charge in [0.05, 0.1) is 23.4 Å². The molecule has 0 bridgehead atoms. The summed E-state index contributed by atoms with van der Waals surface area (Å²) < 4.78 is 2.00. The number of fused-ring (bicyclic) bond motifs is 1. The van der Waals surface area contributed by atoms with Crippen LogP contribution in [0.15, 0.2) is 30.5 Å². The number of aliphatic carboxylic acids is 1. The zero-order chi connectivity index (χ0) is 19.1. The Balaban J connectivity index is 1.68. The fourth-order valence-corrected chi connectivity index (χ4v) is 3.97. The molecule has 0 radical (unpaired) electrons. The van der Waals surface area contributed by atoms with Gasteiger partial charge in [0.2, 0.25) is 0 Å². The Bertz CT molecular complexity index is 885. The van der Waals surface area contributed by atoms with Crippen LogP contribution in [-0.2, 0) is 11.3 Å². The summed E-state index contributed by atoms with van der Waals surface area (Å²) in [6.45, 7) is 4.87. The molecule has 27 heavy (non-hydrogen) atoms. The number of hydrogen-bond acceptors (Lipinski definition) is 3. The minimum Gasteiger partial charge on any atom is -0.481 e. The van der Waals surface area contributed by atoms with Crippen LogP contribution in [0.25, 0.3) is 0 Å². The molecule has 1 N–H and O–H groups in total. The summed E-state index contributed by atoms with van der Waals surface area (Å²) in [6.07, 6.45) is 4.80. The Morgan fingerprint density at radius 1 is 1.30 bits per heavy atom. The number of hydrogen-bond donors (Lipinski definition) is 1. The molecule has 0 saturated heterocycles. The minimum absolute atomic E-state index is 0.104. The molecule has 6 heteroatoms. The lowest BCUT2D eigenvalue weighted by Gasteiger charge is -2.33. The maximum absolute atomic E-state index is 13.3. The van der Waals surface area contributed by atoms with Crippen LogP contribution in [0.5, 0.6) is 0 Å². The lowest BCUT2D eigenvalue weighted by Crippen LogP contribution is -2.40. The average molecular weight is 367 g/mol. The first-order valence-corrected chi connectivity index (χ1v) is 9.68. The van der Waals surface area contributed by atoms with Gasteiger partial charge in [-0.15, -0.1) is 0 Å². The number of aromatic nitrogens is 2. The second kappa shape index (κ2) is 6.83. The van der Waals surface area contributed by atoms with Crippen molar-refractivity contribution in [2.75, 3.05) is 6.54 Å². The second-order valence-corrected chi connectivity index (χ2v) is 7.69. The Morgan fingerprint density at radius 2 is 2.04 bits per heavy atom. The molecule has 2 heterocycles. The van der Waals surface area contributed by atoms with Crippen LogP contribution in [-0.4, -0.2) is 38.2 Å². The van der Waals surface area contributed by atoms with Gasteiger partial charge in [0.1, 0.15) is 0 Å². The number of carboxylic acid groups (broad SMARTS) is 1. The lowest BCUT2D eigenvalue weighted by molar-refractivity contribution is -0.139. The van der Waals surface area contributed by atoms with Gasteiger partial charge in [0.15, 0.2) is 0 Å². The third-order valence-electron chi connectivity index (χ3n) is 5.82. The van der Waals surface area contributed by atoms with E-state index in [4.69, 9.17) is 0 Å². The smallest absolute Gasteiger partial charge is 0.312 e. The molecule has 1 aliphatic carbocycles. The Labute approximate surface area is 158 Å².